The number of likely N-dealkylation sites (N-methyl/N-ethyl adjacent to an activating group) is 1. The Bertz CT molecular complexity index is 1560. The van der Waals surface area contributed by atoms with E-state index in [1.54, 1.807) is 42.5 Å². The van der Waals surface area contributed by atoms with Gasteiger partial charge in [-0.3, -0.25) is 18.6 Å². The molecule has 5 atom stereocenters. The Morgan fingerprint density at radius 1 is 0.656 bits per heavy atom. The molecule has 0 aromatic carbocycles. The molecular formula is C50H87NO12P+. The van der Waals surface area contributed by atoms with Crippen molar-refractivity contribution in [1.29, 1.82) is 0 Å². The number of rotatable bonds is 39. The van der Waals surface area contributed by atoms with Gasteiger partial charge in [0.1, 0.15) is 31.3 Å². The Kier molecular flexibility index (Phi) is 32.7. The summed E-state index contributed by atoms with van der Waals surface area (Å²) in [6.45, 7) is 8.19. The molecule has 0 amide bonds. The zero-order valence-electron chi connectivity index (χ0n) is 40.6. The Morgan fingerprint density at radius 3 is 1.80 bits per heavy atom. The third kappa shape index (κ3) is 31.1. The van der Waals surface area contributed by atoms with Crippen molar-refractivity contribution < 1.29 is 61.8 Å². The third-order valence-corrected chi connectivity index (χ3v) is 11.9. The number of hydrogen-bond acceptors (Lipinski definition) is 11. The van der Waals surface area contributed by atoms with E-state index in [4.69, 9.17) is 22.9 Å². The van der Waals surface area contributed by atoms with Gasteiger partial charge in [0.05, 0.1) is 46.1 Å². The SMILES string of the molecule is CCCCCc1oc(CCCCCCCCCCC(=O)O[C@H](COC(=O)CCC[C@@H](O)[C@H](O)/C=C/C=C/C=C\C=C\[C@H](O)CCCCC)COP(=O)(O)OCC[N+](C)(C)C)c(C)c1C. The predicted octanol–water partition coefficient (Wildman–Crippen LogP) is 10.0. The van der Waals surface area contributed by atoms with Gasteiger partial charge in [-0.15, -0.1) is 0 Å². The van der Waals surface area contributed by atoms with Gasteiger partial charge in [-0.2, -0.15) is 0 Å². The summed E-state index contributed by atoms with van der Waals surface area (Å²) in [5.41, 5.74) is 2.62. The quantitative estimate of drug-likeness (QED) is 0.0162. The van der Waals surface area contributed by atoms with Crippen LogP contribution in [0.15, 0.2) is 53.0 Å². The highest BCUT2D eigenvalue weighted by Gasteiger charge is 2.27. The summed E-state index contributed by atoms with van der Waals surface area (Å²) < 4.78 is 40.4. The molecule has 1 unspecified atom stereocenters. The number of furan rings is 1. The lowest BCUT2D eigenvalue weighted by Gasteiger charge is -2.24. The van der Waals surface area contributed by atoms with Crippen LogP contribution in [0.5, 0.6) is 0 Å². The lowest BCUT2D eigenvalue weighted by atomic mass is 10.0. The van der Waals surface area contributed by atoms with Gasteiger partial charge in [0.2, 0.25) is 0 Å². The van der Waals surface area contributed by atoms with Crippen molar-refractivity contribution in [3.63, 3.8) is 0 Å². The van der Waals surface area contributed by atoms with Crippen molar-refractivity contribution in [2.45, 2.75) is 187 Å². The van der Waals surface area contributed by atoms with E-state index in [-0.39, 0.29) is 32.3 Å². The van der Waals surface area contributed by atoms with Gasteiger partial charge in [-0.1, -0.05) is 133 Å². The minimum Gasteiger partial charge on any atom is -0.466 e. The molecule has 0 aliphatic carbocycles. The molecule has 1 aromatic heterocycles. The standard InChI is InChI=1S/C50H86NO12P/c1-8-10-22-29-43(52)30-24-18-16-17-19-25-31-45(53)46(54)32-28-36-49(55)59-39-44(40-61-64(57,58)60-38-37-51(5,6)7)62-50(56)35-27-21-15-13-12-14-20-26-34-48-42(4)41(3)47(63-48)33-23-11-9-2/h16-19,24-25,30-31,43-46,52-54H,8-15,20-23,26-29,32-40H2,1-7H3/p+1/b18-16-,19-17+,30-24+,31-25+/t43-,44-,45-,46-/m1/s1. The van der Waals surface area contributed by atoms with Gasteiger partial charge in [-0.05, 0) is 63.5 Å². The van der Waals surface area contributed by atoms with E-state index in [1.807, 2.05) is 21.1 Å². The van der Waals surface area contributed by atoms with Crippen LogP contribution in [-0.4, -0.2) is 109 Å². The summed E-state index contributed by atoms with van der Waals surface area (Å²) in [6.07, 6.45) is 27.8. The summed E-state index contributed by atoms with van der Waals surface area (Å²) in [7, 11) is 1.26. The van der Waals surface area contributed by atoms with E-state index >= 15 is 0 Å². The number of allylic oxidation sites excluding steroid dienone is 6. The number of carbonyl (C=O) groups excluding carboxylic acids is 2. The van der Waals surface area contributed by atoms with Crippen LogP contribution in [0.1, 0.15) is 158 Å². The topological polar surface area (TPSA) is 182 Å². The Balaban J connectivity index is 2.48. The van der Waals surface area contributed by atoms with Crippen molar-refractivity contribution in [3.05, 3.63) is 71.3 Å². The highest BCUT2D eigenvalue weighted by atomic mass is 31.2. The first kappa shape index (κ1) is 59.1. The summed E-state index contributed by atoms with van der Waals surface area (Å²) in [4.78, 5) is 35.6. The van der Waals surface area contributed by atoms with E-state index in [1.165, 1.54) is 36.5 Å². The second kappa shape index (κ2) is 35.3. The maximum Gasteiger partial charge on any atom is 0.472 e. The van der Waals surface area contributed by atoms with Crippen molar-refractivity contribution in [2.75, 3.05) is 47.5 Å². The first-order valence-electron chi connectivity index (χ1n) is 24.1. The smallest absolute Gasteiger partial charge is 0.466 e. The lowest BCUT2D eigenvalue weighted by Crippen LogP contribution is -2.37. The minimum absolute atomic E-state index is 0.0326. The van der Waals surface area contributed by atoms with Crippen LogP contribution in [0, 0.1) is 13.8 Å². The summed E-state index contributed by atoms with van der Waals surface area (Å²) in [5, 5.41) is 30.6. The van der Waals surface area contributed by atoms with Crippen LogP contribution in [0.3, 0.4) is 0 Å². The van der Waals surface area contributed by atoms with E-state index in [0.29, 0.717) is 17.4 Å². The number of phosphoric acid groups is 1. The second-order valence-electron chi connectivity index (χ2n) is 17.9. The van der Waals surface area contributed by atoms with Gasteiger partial charge in [0.15, 0.2) is 6.10 Å². The molecular weight excluding hydrogens is 838 g/mol. The van der Waals surface area contributed by atoms with Crippen LogP contribution in [0.2, 0.25) is 0 Å². The fourth-order valence-electron chi connectivity index (χ4n) is 6.69. The van der Waals surface area contributed by atoms with Crippen molar-refractivity contribution in [1.82, 2.24) is 0 Å². The molecule has 368 valence electrons. The number of hydrogen-bond donors (Lipinski definition) is 4. The first-order valence-corrected chi connectivity index (χ1v) is 25.5. The number of quaternary nitrogens is 1. The van der Waals surface area contributed by atoms with Gasteiger partial charge in [0.25, 0.3) is 0 Å². The maximum atomic E-state index is 12.8. The molecule has 1 rings (SSSR count). The van der Waals surface area contributed by atoms with Crippen LogP contribution < -0.4 is 0 Å². The van der Waals surface area contributed by atoms with Gasteiger partial charge < -0.3 is 38.6 Å². The Labute approximate surface area is 386 Å². The number of ether oxygens (including phenoxy) is 2. The van der Waals surface area contributed by atoms with Gasteiger partial charge in [-0.25, -0.2) is 4.57 Å². The minimum atomic E-state index is -4.48. The van der Waals surface area contributed by atoms with Gasteiger partial charge >= 0.3 is 19.8 Å². The van der Waals surface area contributed by atoms with Crippen molar-refractivity contribution >= 4 is 19.8 Å². The van der Waals surface area contributed by atoms with Crippen LogP contribution in [0.4, 0.5) is 0 Å². The Hall–Kier alpha value is -2.87. The number of aryl methyl sites for hydroxylation is 2. The number of aliphatic hydroxyl groups is 3. The summed E-state index contributed by atoms with van der Waals surface area (Å²) in [6, 6.07) is 0. The monoisotopic (exact) mass is 925 g/mol. The molecule has 0 fully saturated rings. The molecule has 4 N–H and O–H groups in total. The fourth-order valence-corrected chi connectivity index (χ4v) is 7.43. The van der Waals surface area contributed by atoms with Crippen LogP contribution >= 0.6 is 7.82 Å². The molecule has 0 spiro atoms. The van der Waals surface area contributed by atoms with Crippen molar-refractivity contribution in [3.8, 4) is 0 Å². The summed E-state index contributed by atoms with van der Waals surface area (Å²) in [5.74, 6) is 1.14. The molecule has 1 heterocycles. The largest absolute Gasteiger partial charge is 0.472 e. The first-order chi connectivity index (χ1) is 30.5. The van der Waals surface area contributed by atoms with E-state index < -0.39 is 57.4 Å². The van der Waals surface area contributed by atoms with E-state index in [9.17, 15) is 34.4 Å². The highest BCUT2D eigenvalue weighted by molar-refractivity contribution is 7.47. The number of unbranched alkanes of at least 4 members (excludes halogenated alkanes) is 11. The fraction of sp³-hybridized carbons (Fsp3) is 0.720. The molecule has 1 aromatic rings. The zero-order valence-corrected chi connectivity index (χ0v) is 41.4. The van der Waals surface area contributed by atoms with Gasteiger partial charge in [0, 0.05) is 25.7 Å². The number of carbonyl (C=O) groups is 2. The van der Waals surface area contributed by atoms with Crippen molar-refractivity contribution in [2.24, 2.45) is 0 Å². The molecule has 0 bridgehead atoms. The molecule has 0 saturated heterocycles. The average molecular weight is 925 g/mol. The highest BCUT2D eigenvalue weighted by Crippen LogP contribution is 2.43. The third-order valence-electron chi connectivity index (χ3n) is 10.9. The summed E-state index contributed by atoms with van der Waals surface area (Å²) >= 11 is 0. The Morgan fingerprint density at radius 2 is 1.19 bits per heavy atom. The molecule has 64 heavy (non-hydrogen) atoms. The van der Waals surface area contributed by atoms with Crippen LogP contribution in [0.25, 0.3) is 0 Å². The number of esters is 2. The average Bonchev–Trinajstić information content (AvgIpc) is 3.50. The number of nitrogens with zero attached hydrogens (tertiary/aromatic N) is 1. The number of phosphoric ester groups is 1. The molecule has 13 nitrogen and oxygen atoms in total. The molecule has 14 heteroatoms. The maximum absolute atomic E-state index is 12.8. The van der Waals surface area contributed by atoms with Crippen LogP contribution in [-0.2, 0) is 45.5 Å². The molecule has 0 radical (unpaired) electrons. The molecule has 0 aliphatic heterocycles. The zero-order chi connectivity index (χ0) is 47.6. The van der Waals surface area contributed by atoms with E-state index in [0.717, 1.165) is 95.0 Å². The van der Waals surface area contributed by atoms with E-state index in [2.05, 4.69) is 27.7 Å². The normalized spacial score (nSPS) is 15.4. The molecule has 0 aliphatic rings. The second-order valence-corrected chi connectivity index (χ2v) is 19.4. The molecule has 0 saturated carbocycles. The number of aliphatic hydroxyl groups excluding tert-OH is 3. The lowest BCUT2D eigenvalue weighted by molar-refractivity contribution is -0.870. The predicted molar refractivity (Wildman–Crippen MR) is 255 cm³/mol.